The maximum absolute atomic E-state index is 12.5. The maximum Gasteiger partial charge on any atom is 0.416 e. The topological polar surface area (TPSA) is 12.0 Å². The first-order chi connectivity index (χ1) is 8.88. The molecule has 0 heterocycles. The molecule has 0 aliphatic carbocycles. The Morgan fingerprint density at radius 1 is 1.11 bits per heavy atom. The van der Waals surface area contributed by atoms with E-state index in [-0.39, 0.29) is 0 Å². The molecule has 0 aliphatic rings. The predicted molar refractivity (Wildman–Crippen MR) is 72.1 cm³/mol. The van der Waals surface area contributed by atoms with Gasteiger partial charge in [-0.3, -0.25) is 0 Å². The summed E-state index contributed by atoms with van der Waals surface area (Å²) in [5, 5.41) is 3.40. The SMILES string of the molecule is CCNC(Cc1ccc(C(F)(F)F)cc1)C(C)CC. The Balaban J connectivity index is 2.75. The van der Waals surface area contributed by atoms with Crippen LogP contribution in [0.15, 0.2) is 24.3 Å². The van der Waals surface area contributed by atoms with Crippen LogP contribution in [-0.4, -0.2) is 12.6 Å². The third-order valence-corrected chi connectivity index (χ3v) is 3.53. The smallest absolute Gasteiger partial charge is 0.314 e. The highest BCUT2D eigenvalue weighted by Gasteiger charge is 2.30. The van der Waals surface area contributed by atoms with Crippen molar-refractivity contribution in [1.29, 1.82) is 0 Å². The average molecular weight is 273 g/mol. The van der Waals surface area contributed by atoms with Crippen molar-refractivity contribution >= 4 is 0 Å². The van der Waals surface area contributed by atoms with Gasteiger partial charge in [-0.2, -0.15) is 13.2 Å². The Hall–Kier alpha value is -1.03. The van der Waals surface area contributed by atoms with Gasteiger partial charge < -0.3 is 5.32 Å². The van der Waals surface area contributed by atoms with E-state index < -0.39 is 11.7 Å². The zero-order chi connectivity index (χ0) is 14.5. The molecule has 0 aliphatic heterocycles. The second-order valence-corrected chi connectivity index (χ2v) is 4.95. The van der Waals surface area contributed by atoms with E-state index in [9.17, 15) is 13.2 Å². The molecule has 1 aromatic rings. The quantitative estimate of drug-likeness (QED) is 0.816. The van der Waals surface area contributed by atoms with Crippen LogP contribution in [0.4, 0.5) is 13.2 Å². The summed E-state index contributed by atoms with van der Waals surface area (Å²) in [6, 6.07) is 5.79. The Bertz CT molecular complexity index is 370. The van der Waals surface area contributed by atoms with Crippen LogP contribution in [0.2, 0.25) is 0 Å². The van der Waals surface area contributed by atoms with Gasteiger partial charge >= 0.3 is 6.18 Å². The molecule has 4 heteroatoms. The average Bonchev–Trinajstić information content (AvgIpc) is 2.37. The Kier molecular flexibility index (Phi) is 5.85. The van der Waals surface area contributed by atoms with Crippen LogP contribution in [-0.2, 0) is 12.6 Å². The second-order valence-electron chi connectivity index (χ2n) is 4.95. The molecule has 0 bridgehead atoms. The van der Waals surface area contributed by atoms with Crippen LogP contribution in [0.5, 0.6) is 0 Å². The molecule has 108 valence electrons. The molecule has 0 spiro atoms. The normalized spacial score (nSPS) is 15.3. The van der Waals surface area contributed by atoms with Gasteiger partial charge in [0.25, 0.3) is 0 Å². The number of hydrogen-bond acceptors (Lipinski definition) is 1. The van der Waals surface area contributed by atoms with Gasteiger partial charge in [0.1, 0.15) is 0 Å². The lowest BCUT2D eigenvalue weighted by molar-refractivity contribution is -0.137. The van der Waals surface area contributed by atoms with Crippen molar-refractivity contribution in [3.05, 3.63) is 35.4 Å². The zero-order valence-corrected chi connectivity index (χ0v) is 11.7. The van der Waals surface area contributed by atoms with E-state index in [1.54, 1.807) is 12.1 Å². The van der Waals surface area contributed by atoms with Crippen LogP contribution in [0, 0.1) is 5.92 Å². The summed E-state index contributed by atoms with van der Waals surface area (Å²) in [5.41, 5.74) is 0.360. The number of rotatable bonds is 6. The molecule has 1 nitrogen and oxygen atoms in total. The first-order valence-corrected chi connectivity index (χ1v) is 6.78. The lowest BCUT2D eigenvalue weighted by atomic mass is 9.92. The maximum atomic E-state index is 12.5. The van der Waals surface area contributed by atoms with E-state index in [0.717, 1.165) is 37.1 Å². The van der Waals surface area contributed by atoms with E-state index in [2.05, 4.69) is 19.2 Å². The molecular formula is C15H22F3N. The lowest BCUT2D eigenvalue weighted by Crippen LogP contribution is -2.36. The van der Waals surface area contributed by atoms with E-state index in [1.807, 2.05) is 6.92 Å². The van der Waals surface area contributed by atoms with Gasteiger partial charge in [-0.1, -0.05) is 39.3 Å². The largest absolute Gasteiger partial charge is 0.416 e. The van der Waals surface area contributed by atoms with Crippen molar-refractivity contribution in [2.75, 3.05) is 6.54 Å². The number of nitrogens with one attached hydrogen (secondary N) is 1. The minimum atomic E-state index is -4.25. The third kappa shape index (κ3) is 4.86. The first kappa shape index (κ1) is 16.0. The standard InChI is InChI=1S/C15H22F3N/c1-4-11(3)14(19-5-2)10-12-6-8-13(9-7-12)15(16,17)18/h6-9,11,14,19H,4-5,10H2,1-3H3. The van der Waals surface area contributed by atoms with Crippen molar-refractivity contribution in [1.82, 2.24) is 5.32 Å². The lowest BCUT2D eigenvalue weighted by Gasteiger charge is -2.24. The summed E-state index contributed by atoms with van der Waals surface area (Å²) in [7, 11) is 0. The van der Waals surface area contributed by atoms with Gasteiger partial charge in [-0.05, 0) is 36.6 Å². The van der Waals surface area contributed by atoms with E-state index in [0.29, 0.717) is 12.0 Å². The molecule has 1 N–H and O–H groups in total. The van der Waals surface area contributed by atoms with Crippen molar-refractivity contribution < 1.29 is 13.2 Å². The van der Waals surface area contributed by atoms with E-state index >= 15 is 0 Å². The minimum Gasteiger partial charge on any atom is -0.314 e. The molecule has 0 amide bonds. The summed E-state index contributed by atoms with van der Waals surface area (Å²) < 4.78 is 37.4. The van der Waals surface area contributed by atoms with Gasteiger partial charge in [0.15, 0.2) is 0 Å². The van der Waals surface area contributed by atoms with Crippen molar-refractivity contribution in [3.8, 4) is 0 Å². The molecule has 1 aromatic carbocycles. The monoisotopic (exact) mass is 273 g/mol. The van der Waals surface area contributed by atoms with Gasteiger partial charge in [0, 0.05) is 6.04 Å². The molecule has 2 unspecified atom stereocenters. The van der Waals surface area contributed by atoms with Crippen LogP contribution >= 0.6 is 0 Å². The Labute approximate surface area is 113 Å². The summed E-state index contributed by atoms with van der Waals surface area (Å²) in [6.07, 6.45) is -2.43. The van der Waals surface area contributed by atoms with Crippen molar-refractivity contribution in [2.24, 2.45) is 5.92 Å². The predicted octanol–water partition coefficient (Wildman–Crippen LogP) is 4.27. The number of halogens is 3. The Morgan fingerprint density at radius 3 is 2.11 bits per heavy atom. The molecule has 0 saturated heterocycles. The molecule has 0 radical (unpaired) electrons. The molecule has 19 heavy (non-hydrogen) atoms. The van der Waals surface area contributed by atoms with Gasteiger partial charge in [0.05, 0.1) is 5.56 Å². The number of benzene rings is 1. The molecule has 2 atom stereocenters. The summed E-state index contributed by atoms with van der Waals surface area (Å²) >= 11 is 0. The van der Waals surface area contributed by atoms with Gasteiger partial charge in [-0.15, -0.1) is 0 Å². The van der Waals surface area contributed by atoms with Gasteiger partial charge in [-0.25, -0.2) is 0 Å². The van der Waals surface area contributed by atoms with Crippen molar-refractivity contribution in [3.63, 3.8) is 0 Å². The fraction of sp³-hybridized carbons (Fsp3) is 0.600. The highest BCUT2D eigenvalue weighted by molar-refractivity contribution is 5.25. The summed E-state index contributed by atoms with van der Waals surface area (Å²) in [4.78, 5) is 0. The van der Waals surface area contributed by atoms with E-state index in [1.165, 1.54) is 0 Å². The molecule has 1 rings (SSSR count). The van der Waals surface area contributed by atoms with Crippen LogP contribution in [0.1, 0.15) is 38.3 Å². The number of alkyl halides is 3. The highest BCUT2D eigenvalue weighted by Crippen LogP contribution is 2.29. The molecular weight excluding hydrogens is 251 g/mol. The highest BCUT2D eigenvalue weighted by atomic mass is 19.4. The second kappa shape index (κ2) is 6.94. The zero-order valence-electron chi connectivity index (χ0n) is 11.7. The third-order valence-electron chi connectivity index (χ3n) is 3.53. The fourth-order valence-electron chi connectivity index (χ4n) is 2.10. The van der Waals surface area contributed by atoms with Crippen LogP contribution < -0.4 is 5.32 Å². The molecule has 0 aromatic heterocycles. The van der Waals surface area contributed by atoms with Crippen LogP contribution in [0.25, 0.3) is 0 Å². The van der Waals surface area contributed by atoms with Gasteiger partial charge in [0.2, 0.25) is 0 Å². The number of likely N-dealkylation sites (N-methyl/N-ethyl adjacent to an activating group) is 1. The summed E-state index contributed by atoms with van der Waals surface area (Å²) in [5.74, 6) is 0.502. The van der Waals surface area contributed by atoms with Crippen LogP contribution in [0.3, 0.4) is 0 Å². The summed E-state index contributed by atoms with van der Waals surface area (Å²) in [6.45, 7) is 7.21. The molecule has 0 fully saturated rings. The molecule has 0 saturated carbocycles. The van der Waals surface area contributed by atoms with E-state index in [4.69, 9.17) is 0 Å². The fourth-order valence-corrected chi connectivity index (χ4v) is 2.10. The first-order valence-electron chi connectivity index (χ1n) is 6.78. The minimum absolute atomic E-state index is 0.312. The number of hydrogen-bond donors (Lipinski definition) is 1. The van der Waals surface area contributed by atoms with Crippen molar-refractivity contribution in [2.45, 2.75) is 45.8 Å². The Morgan fingerprint density at radius 2 is 1.68 bits per heavy atom.